The Hall–Kier alpha value is -2.34. The highest BCUT2D eigenvalue weighted by Crippen LogP contribution is 2.34. The van der Waals surface area contributed by atoms with Gasteiger partial charge in [0.15, 0.2) is 0 Å². The zero-order chi connectivity index (χ0) is 24.4. The number of nitrogens with one attached hydrogen (secondary N) is 1. The van der Waals surface area contributed by atoms with E-state index in [9.17, 15) is 16.8 Å². The van der Waals surface area contributed by atoms with Crippen molar-refractivity contribution in [2.24, 2.45) is 0 Å². The number of methoxy groups -OCH3 is 2. The van der Waals surface area contributed by atoms with Crippen LogP contribution in [0.3, 0.4) is 0 Å². The van der Waals surface area contributed by atoms with Gasteiger partial charge < -0.3 is 14.2 Å². The molecule has 1 N–H and O–H groups in total. The molecule has 1 fully saturated rings. The first-order valence-electron chi connectivity index (χ1n) is 10.5. The maximum atomic E-state index is 13.3. The Morgan fingerprint density at radius 1 is 0.939 bits per heavy atom. The van der Waals surface area contributed by atoms with Gasteiger partial charge in [-0.3, -0.25) is 4.72 Å². The van der Waals surface area contributed by atoms with Gasteiger partial charge >= 0.3 is 0 Å². The zero-order valence-electron chi connectivity index (χ0n) is 19.4. The molecule has 0 saturated carbocycles. The van der Waals surface area contributed by atoms with E-state index < -0.39 is 20.0 Å². The van der Waals surface area contributed by atoms with Gasteiger partial charge in [-0.05, 0) is 54.3 Å². The van der Waals surface area contributed by atoms with E-state index in [0.29, 0.717) is 24.5 Å². The third-order valence-electron chi connectivity index (χ3n) is 5.44. The number of aryl methyl sites for hydroxylation is 1. The summed E-state index contributed by atoms with van der Waals surface area (Å²) in [5.74, 6) is 0.790. The monoisotopic (exact) mass is 498 g/mol. The van der Waals surface area contributed by atoms with Crippen molar-refractivity contribution in [2.45, 2.75) is 36.5 Å². The van der Waals surface area contributed by atoms with Gasteiger partial charge in [-0.1, -0.05) is 13.8 Å². The third kappa shape index (κ3) is 5.26. The van der Waals surface area contributed by atoms with Gasteiger partial charge in [0.1, 0.15) is 16.4 Å². The van der Waals surface area contributed by atoms with Gasteiger partial charge in [0.05, 0.1) is 38.0 Å². The molecular weight excluding hydrogens is 468 g/mol. The molecule has 0 atom stereocenters. The molecule has 182 valence electrons. The summed E-state index contributed by atoms with van der Waals surface area (Å²) in [6, 6.07) is 7.47. The number of anilines is 1. The average molecular weight is 499 g/mol. The number of benzene rings is 2. The van der Waals surface area contributed by atoms with Gasteiger partial charge in [-0.25, -0.2) is 16.8 Å². The average Bonchev–Trinajstić information content (AvgIpc) is 2.78. The van der Waals surface area contributed by atoms with Crippen molar-refractivity contribution in [3.05, 3.63) is 41.5 Å². The van der Waals surface area contributed by atoms with Crippen LogP contribution in [0.15, 0.2) is 40.1 Å². The van der Waals surface area contributed by atoms with E-state index in [2.05, 4.69) is 4.72 Å². The molecule has 33 heavy (non-hydrogen) atoms. The second-order valence-electron chi connectivity index (χ2n) is 8.00. The summed E-state index contributed by atoms with van der Waals surface area (Å²) in [6.45, 7) is 6.59. The maximum absolute atomic E-state index is 13.3. The third-order valence-corrected chi connectivity index (χ3v) is 8.89. The van der Waals surface area contributed by atoms with E-state index in [4.69, 9.17) is 14.2 Å². The van der Waals surface area contributed by atoms with Crippen molar-refractivity contribution in [1.29, 1.82) is 0 Å². The first-order valence-corrected chi connectivity index (χ1v) is 13.4. The van der Waals surface area contributed by atoms with Crippen LogP contribution in [-0.4, -0.2) is 61.7 Å². The molecule has 0 spiro atoms. The molecule has 1 aliphatic rings. The molecule has 11 heteroatoms. The molecule has 0 aromatic heterocycles. The van der Waals surface area contributed by atoms with E-state index in [1.165, 1.54) is 29.6 Å². The summed E-state index contributed by atoms with van der Waals surface area (Å²) in [6.07, 6.45) is 0. The van der Waals surface area contributed by atoms with E-state index in [1.54, 1.807) is 26.2 Å². The summed E-state index contributed by atoms with van der Waals surface area (Å²) in [5.41, 5.74) is 1.39. The minimum atomic E-state index is -4.01. The van der Waals surface area contributed by atoms with Crippen LogP contribution in [0.5, 0.6) is 11.5 Å². The quantitative estimate of drug-likeness (QED) is 0.596. The van der Waals surface area contributed by atoms with E-state index >= 15 is 0 Å². The summed E-state index contributed by atoms with van der Waals surface area (Å²) >= 11 is 0. The summed E-state index contributed by atoms with van der Waals surface area (Å²) in [5, 5.41) is 0. The lowest BCUT2D eigenvalue weighted by Gasteiger charge is -2.27. The van der Waals surface area contributed by atoms with Crippen molar-refractivity contribution in [2.75, 3.05) is 45.2 Å². The normalized spacial score (nSPS) is 15.5. The first-order chi connectivity index (χ1) is 15.5. The molecule has 0 aliphatic carbocycles. The zero-order valence-corrected chi connectivity index (χ0v) is 21.0. The van der Waals surface area contributed by atoms with Crippen LogP contribution in [0.1, 0.15) is 30.9 Å². The second-order valence-corrected chi connectivity index (χ2v) is 11.6. The molecule has 0 radical (unpaired) electrons. The van der Waals surface area contributed by atoms with Gasteiger partial charge in [0, 0.05) is 13.1 Å². The SMILES string of the molecule is COc1cc(C)c(S(=O)(=O)Nc2ccc(OC)c(S(=O)(=O)N3CCOCC3)c2)cc1C(C)C. The Bertz CT molecular complexity index is 1220. The maximum Gasteiger partial charge on any atom is 0.262 e. The van der Waals surface area contributed by atoms with Crippen molar-refractivity contribution in [3.8, 4) is 11.5 Å². The van der Waals surface area contributed by atoms with Crippen LogP contribution in [0, 0.1) is 6.92 Å². The Morgan fingerprint density at radius 3 is 2.15 bits per heavy atom. The number of sulfonamides is 2. The summed E-state index contributed by atoms with van der Waals surface area (Å²) < 4.78 is 72.6. The Labute approximate surface area is 195 Å². The van der Waals surface area contributed by atoms with E-state index in [-0.39, 0.29) is 40.2 Å². The number of rotatable bonds is 8. The topological polar surface area (TPSA) is 111 Å². The molecule has 3 rings (SSSR count). The summed E-state index contributed by atoms with van der Waals surface area (Å²) in [4.78, 5) is -0.0122. The number of nitrogens with zero attached hydrogens (tertiary/aromatic N) is 1. The molecule has 1 heterocycles. The van der Waals surface area contributed by atoms with Crippen LogP contribution in [0.4, 0.5) is 5.69 Å². The standard InChI is InChI=1S/C22H30N2O7S2/c1-15(2)18-14-21(16(3)12-20(18)30-5)32(25,26)23-17-6-7-19(29-4)22(13-17)33(27,28)24-8-10-31-11-9-24/h6-7,12-15,23H,8-11H2,1-5H3. The molecule has 2 aromatic carbocycles. The second kappa shape index (κ2) is 9.88. The van der Waals surface area contributed by atoms with E-state index in [1.807, 2.05) is 13.8 Å². The van der Waals surface area contributed by atoms with Crippen molar-refractivity contribution >= 4 is 25.7 Å². The predicted octanol–water partition coefficient (Wildman–Crippen LogP) is 2.96. The van der Waals surface area contributed by atoms with Crippen molar-refractivity contribution in [3.63, 3.8) is 0 Å². The fraction of sp³-hybridized carbons (Fsp3) is 0.455. The predicted molar refractivity (Wildman–Crippen MR) is 125 cm³/mol. The van der Waals surface area contributed by atoms with Crippen LogP contribution in [0.2, 0.25) is 0 Å². The number of hydrogen-bond acceptors (Lipinski definition) is 7. The summed E-state index contributed by atoms with van der Waals surface area (Å²) in [7, 11) is -5.00. The van der Waals surface area contributed by atoms with Gasteiger partial charge in [0.2, 0.25) is 10.0 Å². The molecule has 1 aliphatic heterocycles. The highest BCUT2D eigenvalue weighted by Gasteiger charge is 2.30. The molecule has 2 aromatic rings. The van der Waals surface area contributed by atoms with Crippen molar-refractivity contribution < 1.29 is 31.0 Å². The lowest BCUT2D eigenvalue weighted by Crippen LogP contribution is -2.40. The van der Waals surface area contributed by atoms with Crippen LogP contribution in [-0.2, 0) is 24.8 Å². The molecular formula is C22H30N2O7S2. The number of ether oxygens (including phenoxy) is 3. The molecule has 9 nitrogen and oxygen atoms in total. The number of hydrogen-bond donors (Lipinski definition) is 1. The smallest absolute Gasteiger partial charge is 0.262 e. The van der Waals surface area contributed by atoms with Crippen LogP contribution in [0.25, 0.3) is 0 Å². The van der Waals surface area contributed by atoms with Gasteiger partial charge in [-0.2, -0.15) is 4.31 Å². The lowest BCUT2D eigenvalue weighted by atomic mass is 10.0. The Balaban J connectivity index is 2.02. The van der Waals surface area contributed by atoms with Crippen molar-refractivity contribution in [1.82, 2.24) is 4.31 Å². The molecule has 0 amide bonds. The van der Waals surface area contributed by atoms with Crippen LogP contribution >= 0.6 is 0 Å². The Kier molecular flexibility index (Phi) is 7.57. The fourth-order valence-corrected chi connectivity index (χ4v) is 6.57. The minimum absolute atomic E-state index is 0.0424. The number of morpholine rings is 1. The minimum Gasteiger partial charge on any atom is -0.496 e. The van der Waals surface area contributed by atoms with Gasteiger partial charge in [-0.15, -0.1) is 0 Å². The molecule has 0 bridgehead atoms. The van der Waals surface area contributed by atoms with Crippen LogP contribution < -0.4 is 14.2 Å². The first kappa shape index (κ1) is 25.3. The largest absolute Gasteiger partial charge is 0.496 e. The molecule has 0 unspecified atom stereocenters. The van der Waals surface area contributed by atoms with Gasteiger partial charge in [0.25, 0.3) is 10.0 Å². The lowest BCUT2D eigenvalue weighted by molar-refractivity contribution is 0.0729. The molecule has 1 saturated heterocycles. The highest BCUT2D eigenvalue weighted by atomic mass is 32.2. The van der Waals surface area contributed by atoms with E-state index in [0.717, 1.165) is 5.56 Å². The fourth-order valence-electron chi connectivity index (χ4n) is 3.67. The highest BCUT2D eigenvalue weighted by molar-refractivity contribution is 7.92. The Morgan fingerprint density at radius 2 is 1.58 bits per heavy atom.